The van der Waals surface area contributed by atoms with Gasteiger partial charge in [-0.2, -0.15) is 5.10 Å². The number of amides is 1. The molecule has 0 aliphatic carbocycles. The fourth-order valence-corrected chi connectivity index (χ4v) is 4.38. The number of carbonyl (C=O) groups is 1. The Hall–Kier alpha value is -3.58. The number of aromatic amines is 1. The first-order chi connectivity index (χ1) is 15.6. The Morgan fingerprint density at radius 1 is 0.938 bits per heavy atom. The monoisotopic (exact) mass is 489 g/mol. The second-order valence-corrected chi connectivity index (χ2v) is 8.34. The maximum Gasteiger partial charge on any atom is 0.277 e. The summed E-state index contributed by atoms with van der Waals surface area (Å²) in [5, 5.41) is 7.51. The highest BCUT2D eigenvalue weighted by molar-refractivity contribution is 9.10. The molecule has 3 aromatic carbocycles. The number of anilines is 1. The molecular formula is C25H20BrN3O3. The molecule has 7 heteroatoms. The van der Waals surface area contributed by atoms with Gasteiger partial charge in [0.25, 0.3) is 5.91 Å². The molecule has 0 bridgehead atoms. The van der Waals surface area contributed by atoms with Crippen molar-refractivity contribution in [2.45, 2.75) is 6.04 Å². The zero-order chi connectivity index (χ0) is 22.2. The predicted molar refractivity (Wildman–Crippen MR) is 126 cm³/mol. The Labute approximate surface area is 193 Å². The first-order valence-corrected chi connectivity index (χ1v) is 10.9. The minimum Gasteiger partial charge on any atom is -0.497 e. The summed E-state index contributed by atoms with van der Waals surface area (Å²) in [6, 6.07) is 22.8. The van der Waals surface area contributed by atoms with Crippen molar-refractivity contribution in [2.75, 3.05) is 19.1 Å². The second kappa shape index (κ2) is 8.16. The van der Waals surface area contributed by atoms with Crippen LogP contribution in [0.4, 0.5) is 5.69 Å². The fourth-order valence-electron chi connectivity index (χ4n) is 4.11. The van der Waals surface area contributed by atoms with Crippen LogP contribution in [0.3, 0.4) is 0 Å². The van der Waals surface area contributed by atoms with Gasteiger partial charge in [-0.15, -0.1) is 0 Å². The number of nitrogens with zero attached hydrogens (tertiary/aromatic N) is 2. The number of nitrogens with one attached hydrogen (secondary N) is 1. The number of benzene rings is 3. The van der Waals surface area contributed by atoms with E-state index >= 15 is 0 Å². The smallest absolute Gasteiger partial charge is 0.277 e. The number of carbonyl (C=O) groups excluding carboxylic acids is 1. The van der Waals surface area contributed by atoms with Crippen molar-refractivity contribution in [2.24, 2.45) is 0 Å². The van der Waals surface area contributed by atoms with Gasteiger partial charge in [-0.3, -0.25) is 14.8 Å². The third kappa shape index (κ3) is 3.35. The van der Waals surface area contributed by atoms with Crippen LogP contribution in [-0.2, 0) is 0 Å². The Morgan fingerprint density at radius 3 is 2.34 bits per heavy atom. The summed E-state index contributed by atoms with van der Waals surface area (Å²) < 4.78 is 11.7. The van der Waals surface area contributed by atoms with Crippen molar-refractivity contribution in [3.63, 3.8) is 0 Å². The molecule has 1 aliphatic rings. The number of rotatable bonds is 5. The molecule has 1 atom stereocenters. The van der Waals surface area contributed by atoms with E-state index in [0.717, 1.165) is 44.0 Å². The van der Waals surface area contributed by atoms with Crippen molar-refractivity contribution < 1.29 is 14.3 Å². The molecular weight excluding hydrogens is 470 g/mol. The van der Waals surface area contributed by atoms with Crippen LogP contribution in [-0.4, -0.2) is 30.3 Å². The van der Waals surface area contributed by atoms with Gasteiger partial charge in [0.1, 0.15) is 17.2 Å². The fraction of sp³-hybridized carbons (Fsp3) is 0.120. The molecule has 1 amide bonds. The molecule has 0 spiro atoms. The maximum absolute atomic E-state index is 13.6. The molecule has 0 saturated carbocycles. The van der Waals surface area contributed by atoms with Gasteiger partial charge in [0, 0.05) is 21.3 Å². The van der Waals surface area contributed by atoms with Crippen LogP contribution >= 0.6 is 15.9 Å². The molecule has 0 unspecified atom stereocenters. The Morgan fingerprint density at radius 2 is 1.66 bits per heavy atom. The summed E-state index contributed by atoms with van der Waals surface area (Å²) in [4.78, 5) is 15.4. The van der Waals surface area contributed by atoms with E-state index in [2.05, 4.69) is 26.1 Å². The van der Waals surface area contributed by atoms with E-state index in [9.17, 15) is 4.79 Å². The quantitative estimate of drug-likeness (QED) is 0.395. The lowest BCUT2D eigenvalue weighted by Crippen LogP contribution is -2.29. The number of ether oxygens (including phenoxy) is 2. The van der Waals surface area contributed by atoms with Gasteiger partial charge in [0.2, 0.25) is 0 Å². The van der Waals surface area contributed by atoms with Gasteiger partial charge < -0.3 is 9.47 Å². The standard InChI is InChI=1S/C25H20BrN3O3/c1-31-19-12-6-15(7-13-19)22-21-23(28-27-22)25(30)29(18-10-8-17(26)9-11-18)24(21)16-4-3-5-20(14-16)32-2/h3-14,24H,1-2H3,(H,27,28)/t24-/m1/s1. The van der Waals surface area contributed by atoms with E-state index in [-0.39, 0.29) is 11.9 Å². The van der Waals surface area contributed by atoms with Crippen LogP contribution in [0.15, 0.2) is 77.3 Å². The minimum absolute atomic E-state index is 0.123. The number of methoxy groups -OCH3 is 2. The summed E-state index contributed by atoms with van der Waals surface area (Å²) >= 11 is 3.48. The average Bonchev–Trinajstić information content (AvgIpc) is 3.39. The zero-order valence-corrected chi connectivity index (χ0v) is 19.1. The number of H-pyrrole nitrogens is 1. The molecule has 1 aliphatic heterocycles. The molecule has 5 rings (SSSR count). The van der Waals surface area contributed by atoms with Crippen LogP contribution in [0.1, 0.15) is 27.7 Å². The number of aromatic nitrogens is 2. The maximum atomic E-state index is 13.6. The van der Waals surface area contributed by atoms with Gasteiger partial charge in [-0.25, -0.2) is 0 Å². The Bertz CT molecular complexity index is 1280. The number of hydrogen-bond acceptors (Lipinski definition) is 4. The van der Waals surface area contributed by atoms with Gasteiger partial charge in [0.05, 0.1) is 26.0 Å². The van der Waals surface area contributed by atoms with Crippen molar-refractivity contribution >= 4 is 27.5 Å². The SMILES string of the molecule is COc1ccc(-c2n[nH]c3c2[C@@H](c2cccc(OC)c2)N(c2ccc(Br)cc2)C3=O)cc1. The molecule has 0 fully saturated rings. The normalized spacial score (nSPS) is 15.0. The van der Waals surface area contributed by atoms with Crippen LogP contribution in [0.25, 0.3) is 11.3 Å². The van der Waals surface area contributed by atoms with Crippen LogP contribution in [0, 0.1) is 0 Å². The summed E-state index contributed by atoms with van der Waals surface area (Å²) in [5.41, 5.74) is 4.72. The van der Waals surface area contributed by atoms with E-state index in [4.69, 9.17) is 9.47 Å². The van der Waals surface area contributed by atoms with E-state index < -0.39 is 0 Å². The second-order valence-electron chi connectivity index (χ2n) is 7.42. The molecule has 1 N–H and O–H groups in total. The molecule has 32 heavy (non-hydrogen) atoms. The highest BCUT2D eigenvalue weighted by Gasteiger charge is 2.43. The Balaban J connectivity index is 1.70. The summed E-state index contributed by atoms with van der Waals surface area (Å²) in [7, 11) is 3.27. The number of halogens is 1. The summed E-state index contributed by atoms with van der Waals surface area (Å²) in [5.74, 6) is 1.37. The average molecular weight is 490 g/mol. The minimum atomic E-state index is -0.357. The molecule has 0 saturated heterocycles. The zero-order valence-electron chi connectivity index (χ0n) is 17.5. The van der Waals surface area contributed by atoms with E-state index in [1.165, 1.54) is 0 Å². The molecule has 1 aromatic heterocycles. The third-order valence-electron chi connectivity index (χ3n) is 5.65. The molecule has 4 aromatic rings. The van der Waals surface area contributed by atoms with Crippen molar-refractivity contribution in [1.29, 1.82) is 0 Å². The topological polar surface area (TPSA) is 67.5 Å². The molecule has 0 radical (unpaired) electrons. The lowest BCUT2D eigenvalue weighted by Gasteiger charge is -2.27. The Kier molecular flexibility index (Phi) is 5.19. The van der Waals surface area contributed by atoms with Crippen molar-refractivity contribution in [3.05, 3.63) is 94.1 Å². The van der Waals surface area contributed by atoms with Gasteiger partial charge in [0.15, 0.2) is 0 Å². The highest BCUT2D eigenvalue weighted by Crippen LogP contribution is 2.45. The van der Waals surface area contributed by atoms with Gasteiger partial charge >= 0.3 is 0 Å². The van der Waals surface area contributed by atoms with Gasteiger partial charge in [-0.05, 0) is 66.2 Å². The van der Waals surface area contributed by atoms with Crippen molar-refractivity contribution in [1.82, 2.24) is 10.2 Å². The first kappa shape index (κ1) is 20.3. The lowest BCUT2D eigenvalue weighted by molar-refractivity contribution is 0.0988. The van der Waals surface area contributed by atoms with E-state index in [1.54, 1.807) is 19.1 Å². The van der Waals surface area contributed by atoms with Crippen LogP contribution < -0.4 is 14.4 Å². The summed E-state index contributed by atoms with van der Waals surface area (Å²) in [6.07, 6.45) is 0. The lowest BCUT2D eigenvalue weighted by atomic mass is 9.95. The van der Waals surface area contributed by atoms with Crippen LogP contribution in [0.5, 0.6) is 11.5 Å². The van der Waals surface area contributed by atoms with Crippen LogP contribution in [0.2, 0.25) is 0 Å². The van der Waals surface area contributed by atoms with Crippen molar-refractivity contribution in [3.8, 4) is 22.8 Å². The van der Waals surface area contributed by atoms with Gasteiger partial charge in [-0.1, -0.05) is 28.1 Å². The molecule has 160 valence electrons. The van der Waals surface area contributed by atoms with E-state index in [0.29, 0.717) is 5.69 Å². The largest absolute Gasteiger partial charge is 0.497 e. The highest BCUT2D eigenvalue weighted by atomic mass is 79.9. The van der Waals surface area contributed by atoms with E-state index in [1.807, 2.05) is 72.8 Å². The summed E-state index contributed by atoms with van der Waals surface area (Å²) in [6.45, 7) is 0. The third-order valence-corrected chi connectivity index (χ3v) is 6.17. The molecule has 6 nitrogen and oxygen atoms in total. The number of hydrogen-bond donors (Lipinski definition) is 1. The number of fused-ring (bicyclic) bond motifs is 1. The first-order valence-electron chi connectivity index (χ1n) is 10.1. The predicted octanol–water partition coefficient (Wildman–Crippen LogP) is 5.61. The molecule has 2 heterocycles.